The topological polar surface area (TPSA) is 25.8 Å². The number of fused-ring (bicyclic) bond motifs is 4. The molecule has 1 heterocycles. The largest absolute Gasteiger partial charge is 0.228 e. The third-order valence-corrected chi connectivity index (χ3v) is 10.0. The molecule has 0 amide bonds. The van der Waals surface area contributed by atoms with Crippen LogP contribution in [0.2, 0.25) is 0 Å². The van der Waals surface area contributed by atoms with Gasteiger partial charge in [0.05, 0.1) is 11.2 Å². The zero-order valence-electron chi connectivity index (χ0n) is 27.2. The summed E-state index contributed by atoms with van der Waals surface area (Å²) in [6, 6.07) is 65.1. The Balaban J connectivity index is 1.23. The predicted molar refractivity (Wildman–Crippen MR) is 209 cm³/mol. The summed E-state index contributed by atoms with van der Waals surface area (Å²) in [7, 11) is 0. The van der Waals surface area contributed by atoms with Crippen molar-refractivity contribution < 1.29 is 0 Å². The van der Waals surface area contributed by atoms with Gasteiger partial charge < -0.3 is 0 Å². The fraction of sp³-hybridized carbons (Fsp3) is 0. The smallest absolute Gasteiger partial charge is 0.160 e. The molecular formula is C48H30N2. The van der Waals surface area contributed by atoms with E-state index in [0.29, 0.717) is 0 Å². The summed E-state index contributed by atoms with van der Waals surface area (Å²) in [5.41, 5.74) is 16.5. The second-order valence-corrected chi connectivity index (χ2v) is 12.9. The monoisotopic (exact) mass is 634 g/mol. The van der Waals surface area contributed by atoms with E-state index in [4.69, 9.17) is 9.97 Å². The Morgan fingerprint density at radius 2 is 0.860 bits per heavy atom. The van der Waals surface area contributed by atoms with Gasteiger partial charge in [-0.15, -0.1) is 0 Å². The van der Waals surface area contributed by atoms with Gasteiger partial charge in [0.15, 0.2) is 5.82 Å². The molecule has 0 N–H and O–H groups in total. The second kappa shape index (κ2) is 11.5. The molecule has 232 valence electrons. The lowest BCUT2D eigenvalue weighted by Gasteiger charge is -2.21. The van der Waals surface area contributed by atoms with Gasteiger partial charge in [0.2, 0.25) is 0 Å². The Kier molecular flexibility index (Phi) is 6.53. The van der Waals surface area contributed by atoms with E-state index in [2.05, 4.69) is 158 Å². The molecule has 9 aromatic rings. The first kappa shape index (κ1) is 28.4. The van der Waals surface area contributed by atoms with E-state index >= 15 is 0 Å². The van der Waals surface area contributed by atoms with Gasteiger partial charge >= 0.3 is 0 Å². The maximum Gasteiger partial charge on any atom is 0.160 e. The summed E-state index contributed by atoms with van der Waals surface area (Å²) in [6.45, 7) is 0. The lowest BCUT2D eigenvalue weighted by molar-refractivity contribution is 1.23. The average Bonchev–Trinajstić information content (AvgIpc) is 3.53. The van der Waals surface area contributed by atoms with Crippen LogP contribution in [0.1, 0.15) is 0 Å². The molecule has 0 unspecified atom stereocenters. The van der Waals surface area contributed by atoms with Crippen molar-refractivity contribution >= 4 is 21.7 Å². The van der Waals surface area contributed by atoms with E-state index in [1.807, 2.05) is 24.3 Å². The normalized spacial score (nSPS) is 11.6. The Morgan fingerprint density at radius 1 is 0.320 bits per heavy atom. The quantitative estimate of drug-likeness (QED) is 0.188. The fourth-order valence-electron chi connectivity index (χ4n) is 7.79. The summed E-state index contributed by atoms with van der Waals surface area (Å²) in [5, 5.41) is 3.64. The van der Waals surface area contributed by atoms with Crippen molar-refractivity contribution in [2.75, 3.05) is 0 Å². The van der Waals surface area contributed by atoms with E-state index in [1.54, 1.807) is 0 Å². The Labute approximate surface area is 291 Å². The van der Waals surface area contributed by atoms with Crippen molar-refractivity contribution in [1.29, 1.82) is 0 Å². The first-order chi connectivity index (χ1) is 24.8. The molecule has 0 fully saturated rings. The summed E-state index contributed by atoms with van der Waals surface area (Å²) >= 11 is 0. The highest BCUT2D eigenvalue weighted by Gasteiger charge is 2.30. The number of nitrogens with zero attached hydrogens (tertiary/aromatic N) is 2. The van der Waals surface area contributed by atoms with Crippen LogP contribution in [-0.2, 0) is 0 Å². The molecule has 0 aliphatic heterocycles. The van der Waals surface area contributed by atoms with Crippen LogP contribution in [-0.4, -0.2) is 9.97 Å². The molecule has 0 saturated carbocycles. The maximum absolute atomic E-state index is 5.14. The lowest BCUT2D eigenvalue weighted by atomic mass is 9.82. The molecule has 50 heavy (non-hydrogen) atoms. The van der Waals surface area contributed by atoms with E-state index in [9.17, 15) is 0 Å². The molecular weight excluding hydrogens is 605 g/mol. The molecule has 1 aliphatic rings. The van der Waals surface area contributed by atoms with Gasteiger partial charge in [-0.05, 0) is 78.5 Å². The second-order valence-electron chi connectivity index (χ2n) is 12.9. The van der Waals surface area contributed by atoms with Crippen LogP contribution in [0.15, 0.2) is 182 Å². The van der Waals surface area contributed by atoms with Crippen LogP contribution in [0.5, 0.6) is 0 Å². The highest BCUT2D eigenvalue weighted by Crippen LogP contribution is 2.57. The van der Waals surface area contributed by atoms with Crippen LogP contribution in [0.4, 0.5) is 0 Å². The van der Waals surface area contributed by atoms with Gasteiger partial charge in [-0.2, -0.15) is 0 Å². The molecule has 2 nitrogen and oxygen atoms in total. The van der Waals surface area contributed by atoms with Crippen molar-refractivity contribution in [2.45, 2.75) is 0 Å². The fourth-order valence-corrected chi connectivity index (χ4v) is 7.79. The average molecular weight is 635 g/mol. The van der Waals surface area contributed by atoms with Crippen molar-refractivity contribution in [1.82, 2.24) is 9.97 Å². The number of aromatic nitrogens is 2. The summed E-state index contributed by atoms with van der Waals surface area (Å²) in [5.74, 6) is 0.731. The van der Waals surface area contributed by atoms with Gasteiger partial charge in [-0.25, -0.2) is 9.97 Å². The maximum atomic E-state index is 5.14. The van der Waals surface area contributed by atoms with Crippen molar-refractivity contribution in [3.05, 3.63) is 182 Å². The van der Waals surface area contributed by atoms with Crippen LogP contribution in [0, 0.1) is 0 Å². The molecule has 1 aromatic heterocycles. The van der Waals surface area contributed by atoms with E-state index in [1.165, 1.54) is 60.8 Å². The molecule has 0 bridgehead atoms. The highest BCUT2D eigenvalue weighted by molar-refractivity contribution is 6.22. The summed E-state index contributed by atoms with van der Waals surface area (Å²) in [6.07, 6.45) is 0. The number of rotatable bonds is 5. The first-order valence-corrected chi connectivity index (χ1v) is 17.1. The minimum Gasteiger partial charge on any atom is -0.228 e. The number of hydrogen-bond donors (Lipinski definition) is 0. The SMILES string of the molecule is c1ccc(-c2nc(-c3ccc(-c4cc(-c5ccccc5)c5c(c4-c4ccccc4)-c4cccc6cccc-5c46)cc3)c3ccccc3n2)cc1. The molecule has 0 atom stereocenters. The molecule has 0 radical (unpaired) electrons. The lowest BCUT2D eigenvalue weighted by Crippen LogP contribution is -1.96. The van der Waals surface area contributed by atoms with Gasteiger partial charge in [0, 0.05) is 16.5 Å². The Morgan fingerprint density at radius 3 is 1.56 bits per heavy atom. The van der Waals surface area contributed by atoms with Crippen molar-refractivity contribution in [3.63, 3.8) is 0 Å². The third-order valence-electron chi connectivity index (χ3n) is 10.0. The van der Waals surface area contributed by atoms with E-state index < -0.39 is 0 Å². The van der Waals surface area contributed by atoms with Gasteiger partial charge in [0.1, 0.15) is 0 Å². The third kappa shape index (κ3) is 4.50. The van der Waals surface area contributed by atoms with Crippen molar-refractivity contribution in [3.8, 4) is 78.3 Å². The zero-order chi connectivity index (χ0) is 33.0. The van der Waals surface area contributed by atoms with Crippen LogP contribution < -0.4 is 0 Å². The molecule has 10 rings (SSSR count). The minimum atomic E-state index is 0.731. The van der Waals surface area contributed by atoms with Crippen LogP contribution >= 0.6 is 0 Å². The molecule has 0 spiro atoms. The summed E-state index contributed by atoms with van der Waals surface area (Å²) < 4.78 is 0. The van der Waals surface area contributed by atoms with Crippen LogP contribution in [0.25, 0.3) is 100.0 Å². The minimum absolute atomic E-state index is 0.731. The number of hydrogen-bond acceptors (Lipinski definition) is 2. The zero-order valence-corrected chi connectivity index (χ0v) is 27.2. The van der Waals surface area contributed by atoms with E-state index in [-0.39, 0.29) is 0 Å². The Hall–Kier alpha value is -6.64. The number of benzene rings is 8. The Bertz CT molecular complexity index is 2710. The highest BCUT2D eigenvalue weighted by atomic mass is 14.9. The predicted octanol–water partition coefficient (Wildman–Crippen LogP) is 12.8. The van der Waals surface area contributed by atoms with Gasteiger partial charge in [0.25, 0.3) is 0 Å². The summed E-state index contributed by atoms with van der Waals surface area (Å²) in [4.78, 5) is 10.1. The molecule has 2 heteroatoms. The van der Waals surface area contributed by atoms with Crippen molar-refractivity contribution in [2.24, 2.45) is 0 Å². The van der Waals surface area contributed by atoms with E-state index in [0.717, 1.165) is 39.1 Å². The van der Waals surface area contributed by atoms with Crippen LogP contribution in [0.3, 0.4) is 0 Å². The molecule has 1 aliphatic carbocycles. The van der Waals surface area contributed by atoms with Gasteiger partial charge in [-0.1, -0.05) is 170 Å². The van der Waals surface area contributed by atoms with Gasteiger partial charge in [-0.3, -0.25) is 0 Å². The molecule has 8 aromatic carbocycles. The first-order valence-electron chi connectivity index (χ1n) is 17.1. The molecule has 0 saturated heterocycles. The standard InChI is InChI=1S/C48H30N2/c1-4-14-31(15-5-1)41-30-40(44(34-16-6-2-7-17-34)46-39-24-13-21-33-20-12-23-38(43(33)39)45(41)46)32-26-28-35(29-27-32)47-37-22-10-11-25-42(37)49-48(50-47)36-18-8-3-9-19-36/h1-30H. The number of para-hydroxylation sites is 1.